The Morgan fingerprint density at radius 3 is 2.73 bits per heavy atom. The Morgan fingerprint density at radius 2 is 2.03 bits per heavy atom. The lowest BCUT2D eigenvalue weighted by atomic mass is 10.1. The van der Waals surface area contributed by atoms with Crippen molar-refractivity contribution < 1.29 is 27.9 Å². The van der Waals surface area contributed by atoms with E-state index in [9.17, 15) is 14.0 Å². The molecule has 0 atom stereocenters. The highest BCUT2D eigenvalue weighted by molar-refractivity contribution is 6.02. The van der Waals surface area contributed by atoms with Crippen molar-refractivity contribution in [3.05, 3.63) is 40.9 Å². The number of furan rings is 1. The van der Waals surface area contributed by atoms with Gasteiger partial charge in [-0.2, -0.15) is 0 Å². The van der Waals surface area contributed by atoms with Gasteiger partial charge in [-0.15, -0.1) is 0 Å². The van der Waals surface area contributed by atoms with E-state index >= 15 is 0 Å². The summed E-state index contributed by atoms with van der Waals surface area (Å²) in [4.78, 5) is 33.3. The number of aromatic amines is 1. The largest absolute Gasteiger partial charge is 0.465 e. The molecule has 0 unspecified atom stereocenters. The Kier molecular flexibility index (Phi) is 4.76. The Balaban J connectivity index is 1.64. The zero-order valence-corrected chi connectivity index (χ0v) is 17.2. The van der Waals surface area contributed by atoms with E-state index in [2.05, 4.69) is 9.97 Å². The van der Waals surface area contributed by atoms with Crippen LogP contribution in [0.1, 0.15) is 42.5 Å². The topological polar surface area (TPSA) is 97.7 Å². The summed E-state index contributed by atoms with van der Waals surface area (Å²) in [7, 11) is 1.23. The van der Waals surface area contributed by atoms with Crippen molar-refractivity contribution >= 4 is 23.1 Å². The number of hydrogen-bond donors (Lipinski definition) is 1. The second-order valence-electron chi connectivity index (χ2n) is 8.14. The third-order valence-corrected chi connectivity index (χ3v) is 4.72. The molecular formula is C21H22FN3O5. The summed E-state index contributed by atoms with van der Waals surface area (Å²) in [5.74, 6) is 0.188. The number of fused-ring (bicyclic) bond motifs is 2. The number of rotatable bonds is 2. The monoisotopic (exact) mass is 415 g/mol. The first-order chi connectivity index (χ1) is 14.1. The fraction of sp³-hybridized carbons (Fsp3) is 0.381. The summed E-state index contributed by atoms with van der Waals surface area (Å²) in [6.07, 6.45) is 0.216. The lowest BCUT2D eigenvalue weighted by molar-refractivity contribution is 0.0209. The van der Waals surface area contributed by atoms with Crippen LogP contribution in [0.2, 0.25) is 0 Å². The molecule has 0 saturated carbocycles. The lowest BCUT2D eigenvalue weighted by Gasteiger charge is -2.29. The maximum Gasteiger partial charge on any atom is 0.410 e. The fourth-order valence-corrected chi connectivity index (χ4v) is 3.38. The molecule has 0 spiro atoms. The minimum atomic E-state index is -0.677. The Hall–Kier alpha value is -3.36. The van der Waals surface area contributed by atoms with Gasteiger partial charge in [0.25, 0.3) is 0 Å². The van der Waals surface area contributed by atoms with E-state index in [-0.39, 0.29) is 12.1 Å². The number of halogens is 1. The highest BCUT2D eigenvalue weighted by atomic mass is 19.1. The standard InChI is InChI=1S/C21H22FN3O5/c1-21(2,3)30-20(27)25-6-5-11-7-15(29-16(11)10-25)18-23-14-9-12(22)8-13(17(14)24-18)19(26)28-4/h7-9H,5-6,10H2,1-4H3,(H,23,24). The number of nitrogens with one attached hydrogen (secondary N) is 1. The number of benzene rings is 1. The van der Waals surface area contributed by atoms with Crippen LogP contribution in [0.5, 0.6) is 0 Å². The van der Waals surface area contributed by atoms with E-state index in [4.69, 9.17) is 13.9 Å². The van der Waals surface area contributed by atoms with Crippen molar-refractivity contribution in [2.24, 2.45) is 0 Å². The van der Waals surface area contributed by atoms with Crippen LogP contribution in [0, 0.1) is 5.82 Å². The van der Waals surface area contributed by atoms with Crippen molar-refractivity contribution in [3.8, 4) is 11.6 Å². The van der Waals surface area contributed by atoms with Crippen molar-refractivity contribution in [1.82, 2.24) is 14.9 Å². The third-order valence-electron chi connectivity index (χ3n) is 4.72. The van der Waals surface area contributed by atoms with E-state index in [1.165, 1.54) is 13.2 Å². The molecule has 1 aromatic carbocycles. The van der Waals surface area contributed by atoms with E-state index in [1.54, 1.807) is 4.90 Å². The maximum atomic E-state index is 13.9. The minimum Gasteiger partial charge on any atom is -0.465 e. The van der Waals surface area contributed by atoms with Crippen LogP contribution in [0.15, 0.2) is 22.6 Å². The molecule has 1 aliphatic heterocycles. The van der Waals surface area contributed by atoms with Gasteiger partial charge in [0.2, 0.25) is 0 Å². The molecule has 0 fully saturated rings. The first kappa shape index (κ1) is 19.9. The number of aromatic nitrogens is 2. The van der Waals surface area contributed by atoms with Gasteiger partial charge < -0.3 is 23.8 Å². The summed E-state index contributed by atoms with van der Waals surface area (Å²) >= 11 is 0. The van der Waals surface area contributed by atoms with E-state index in [0.29, 0.717) is 41.3 Å². The summed E-state index contributed by atoms with van der Waals surface area (Å²) in [6, 6.07) is 4.18. The molecule has 30 heavy (non-hydrogen) atoms. The number of hydrogen-bond acceptors (Lipinski definition) is 6. The number of esters is 1. The number of carbonyl (C=O) groups excluding carboxylic acids is 2. The summed E-state index contributed by atoms with van der Waals surface area (Å²) < 4.78 is 30.0. The molecule has 0 saturated heterocycles. The molecule has 1 amide bonds. The first-order valence-corrected chi connectivity index (χ1v) is 9.52. The fourth-order valence-electron chi connectivity index (χ4n) is 3.38. The smallest absolute Gasteiger partial charge is 0.410 e. The van der Waals surface area contributed by atoms with Crippen molar-refractivity contribution in [2.75, 3.05) is 13.7 Å². The van der Waals surface area contributed by atoms with Crippen LogP contribution in [-0.2, 0) is 22.4 Å². The quantitative estimate of drug-likeness (QED) is 0.635. The summed E-state index contributed by atoms with van der Waals surface area (Å²) in [5, 5.41) is 0. The van der Waals surface area contributed by atoms with Crippen LogP contribution < -0.4 is 0 Å². The highest BCUT2D eigenvalue weighted by Crippen LogP contribution is 2.31. The number of carbonyl (C=O) groups is 2. The van der Waals surface area contributed by atoms with Crippen molar-refractivity contribution in [2.45, 2.75) is 39.3 Å². The van der Waals surface area contributed by atoms with Gasteiger partial charge in [0.15, 0.2) is 11.6 Å². The second-order valence-corrected chi connectivity index (χ2v) is 8.14. The molecule has 0 radical (unpaired) electrons. The van der Waals surface area contributed by atoms with E-state index in [1.807, 2.05) is 26.8 Å². The average Bonchev–Trinajstić information content (AvgIpc) is 3.28. The SMILES string of the molecule is COC(=O)c1cc(F)cc2[nH]c(-c3cc4c(o3)CN(C(=O)OC(C)(C)C)CC4)nc12. The second kappa shape index (κ2) is 7.16. The number of imidazole rings is 1. The van der Waals surface area contributed by atoms with Crippen LogP contribution in [0.4, 0.5) is 9.18 Å². The predicted molar refractivity (Wildman–Crippen MR) is 105 cm³/mol. The van der Waals surface area contributed by atoms with Gasteiger partial charge in [-0.3, -0.25) is 0 Å². The maximum absolute atomic E-state index is 13.9. The van der Waals surface area contributed by atoms with Crippen LogP contribution >= 0.6 is 0 Å². The number of nitrogens with zero attached hydrogens (tertiary/aromatic N) is 2. The molecule has 1 N–H and O–H groups in total. The molecule has 4 rings (SSSR count). The van der Waals surface area contributed by atoms with Gasteiger partial charge in [-0.25, -0.2) is 19.0 Å². The Labute approximate surface area is 172 Å². The van der Waals surface area contributed by atoms with Gasteiger partial charge in [-0.05, 0) is 51.0 Å². The summed E-state index contributed by atoms with van der Waals surface area (Å²) in [6.45, 7) is 6.25. The lowest BCUT2D eigenvalue weighted by Crippen LogP contribution is -2.39. The van der Waals surface area contributed by atoms with E-state index < -0.39 is 23.5 Å². The number of amides is 1. The Bertz CT molecular complexity index is 1140. The van der Waals surface area contributed by atoms with Crippen molar-refractivity contribution in [3.63, 3.8) is 0 Å². The Morgan fingerprint density at radius 1 is 1.27 bits per heavy atom. The third kappa shape index (κ3) is 3.74. The average molecular weight is 415 g/mol. The zero-order valence-electron chi connectivity index (χ0n) is 17.2. The molecule has 8 nitrogen and oxygen atoms in total. The van der Waals surface area contributed by atoms with Crippen LogP contribution in [-0.4, -0.2) is 46.2 Å². The molecular weight excluding hydrogens is 393 g/mol. The molecule has 3 heterocycles. The molecule has 0 bridgehead atoms. The summed E-state index contributed by atoms with van der Waals surface area (Å²) in [5.41, 5.74) is 1.07. The van der Waals surface area contributed by atoms with Gasteiger partial charge in [0, 0.05) is 6.54 Å². The van der Waals surface area contributed by atoms with Gasteiger partial charge in [0.1, 0.15) is 22.7 Å². The van der Waals surface area contributed by atoms with Crippen LogP contribution in [0.3, 0.4) is 0 Å². The van der Waals surface area contributed by atoms with E-state index in [0.717, 1.165) is 11.6 Å². The van der Waals surface area contributed by atoms with Crippen molar-refractivity contribution in [1.29, 1.82) is 0 Å². The number of H-pyrrole nitrogens is 1. The zero-order chi connectivity index (χ0) is 21.6. The van der Waals surface area contributed by atoms with Gasteiger partial charge in [0.05, 0.1) is 24.7 Å². The molecule has 158 valence electrons. The molecule has 2 aromatic heterocycles. The van der Waals surface area contributed by atoms with Crippen LogP contribution in [0.25, 0.3) is 22.6 Å². The van der Waals surface area contributed by atoms with Gasteiger partial charge in [-0.1, -0.05) is 0 Å². The number of methoxy groups -OCH3 is 1. The molecule has 1 aliphatic rings. The number of ether oxygens (including phenoxy) is 2. The molecule has 0 aliphatic carbocycles. The highest BCUT2D eigenvalue weighted by Gasteiger charge is 2.29. The predicted octanol–water partition coefficient (Wildman–Crippen LogP) is 4.04. The molecule has 3 aromatic rings. The normalized spacial score (nSPS) is 14.0. The van der Waals surface area contributed by atoms with Gasteiger partial charge >= 0.3 is 12.1 Å². The molecule has 9 heteroatoms. The minimum absolute atomic E-state index is 0.0300. The first-order valence-electron chi connectivity index (χ1n) is 9.52.